The van der Waals surface area contributed by atoms with E-state index in [1.165, 1.54) is 12.1 Å². The maximum Gasteiger partial charge on any atom is 0.319 e. The first-order chi connectivity index (χ1) is 8.93. The molecular weight excluding hydrogens is 319 g/mol. The topological polar surface area (TPSA) is 78.4 Å². The number of nitrogens with one attached hydrogen (secondary N) is 2. The van der Waals surface area contributed by atoms with E-state index in [2.05, 4.69) is 26.6 Å². The van der Waals surface area contributed by atoms with Crippen LogP contribution in [0, 0.1) is 11.2 Å². The Hall–Kier alpha value is -1.63. The SMILES string of the molecule is O=C(NCC1(C(=O)O)CC1)Nc1ccc(Br)cc1F. The van der Waals surface area contributed by atoms with E-state index in [4.69, 9.17) is 5.11 Å². The first-order valence-corrected chi connectivity index (χ1v) is 6.46. The van der Waals surface area contributed by atoms with Crippen molar-refractivity contribution in [1.29, 1.82) is 0 Å². The highest BCUT2D eigenvalue weighted by Crippen LogP contribution is 2.45. The lowest BCUT2D eigenvalue weighted by atomic mass is 10.1. The van der Waals surface area contributed by atoms with Gasteiger partial charge in [0.2, 0.25) is 0 Å². The van der Waals surface area contributed by atoms with Gasteiger partial charge in [-0.1, -0.05) is 15.9 Å². The van der Waals surface area contributed by atoms with E-state index >= 15 is 0 Å². The van der Waals surface area contributed by atoms with Crippen LogP contribution in [0.3, 0.4) is 0 Å². The molecule has 0 radical (unpaired) electrons. The van der Waals surface area contributed by atoms with Crippen LogP contribution in [0.2, 0.25) is 0 Å². The van der Waals surface area contributed by atoms with Crippen molar-refractivity contribution in [2.75, 3.05) is 11.9 Å². The quantitative estimate of drug-likeness (QED) is 0.793. The van der Waals surface area contributed by atoms with E-state index < -0.39 is 23.2 Å². The van der Waals surface area contributed by atoms with Crippen LogP contribution in [0.25, 0.3) is 0 Å². The Morgan fingerprint density at radius 2 is 2.11 bits per heavy atom. The van der Waals surface area contributed by atoms with Gasteiger partial charge in [-0.3, -0.25) is 4.79 Å². The average Bonchev–Trinajstić information content (AvgIpc) is 3.11. The van der Waals surface area contributed by atoms with Crippen LogP contribution < -0.4 is 10.6 Å². The molecule has 2 amide bonds. The summed E-state index contributed by atoms with van der Waals surface area (Å²) in [6, 6.07) is 3.63. The molecule has 0 spiro atoms. The van der Waals surface area contributed by atoms with Crippen molar-refractivity contribution < 1.29 is 19.1 Å². The van der Waals surface area contributed by atoms with Crippen LogP contribution in [0.5, 0.6) is 0 Å². The normalized spacial score (nSPS) is 15.7. The minimum atomic E-state index is -0.914. The Labute approximate surface area is 117 Å². The molecule has 0 aliphatic heterocycles. The predicted molar refractivity (Wildman–Crippen MR) is 70.4 cm³/mol. The minimum Gasteiger partial charge on any atom is -0.481 e. The number of aliphatic carboxylic acids is 1. The number of urea groups is 1. The number of halogens is 2. The number of carbonyl (C=O) groups excluding carboxylic acids is 1. The van der Waals surface area contributed by atoms with Crippen molar-refractivity contribution in [3.05, 3.63) is 28.5 Å². The lowest BCUT2D eigenvalue weighted by Crippen LogP contribution is -2.37. The van der Waals surface area contributed by atoms with Crippen LogP contribution in [0.15, 0.2) is 22.7 Å². The van der Waals surface area contributed by atoms with Crippen molar-refractivity contribution in [2.45, 2.75) is 12.8 Å². The molecule has 1 aliphatic rings. The lowest BCUT2D eigenvalue weighted by Gasteiger charge is -2.12. The number of carbonyl (C=O) groups is 2. The molecule has 102 valence electrons. The molecule has 19 heavy (non-hydrogen) atoms. The van der Waals surface area contributed by atoms with Crippen molar-refractivity contribution >= 4 is 33.6 Å². The van der Waals surface area contributed by atoms with Gasteiger partial charge in [0.05, 0.1) is 11.1 Å². The second-order valence-electron chi connectivity index (χ2n) is 4.52. The molecule has 0 saturated heterocycles. The maximum absolute atomic E-state index is 13.5. The number of anilines is 1. The van der Waals surface area contributed by atoms with Gasteiger partial charge in [-0.2, -0.15) is 0 Å². The average molecular weight is 331 g/mol. The summed E-state index contributed by atoms with van der Waals surface area (Å²) in [6.45, 7) is 0.0479. The summed E-state index contributed by atoms with van der Waals surface area (Å²) < 4.78 is 14.0. The summed E-state index contributed by atoms with van der Waals surface area (Å²) in [5, 5.41) is 13.7. The third-order valence-corrected chi connectivity index (χ3v) is 3.57. The molecule has 1 aromatic rings. The molecule has 0 heterocycles. The van der Waals surface area contributed by atoms with Crippen LogP contribution in [-0.2, 0) is 4.79 Å². The van der Waals surface area contributed by atoms with Crippen LogP contribution in [-0.4, -0.2) is 23.7 Å². The molecule has 1 saturated carbocycles. The smallest absolute Gasteiger partial charge is 0.319 e. The van der Waals surface area contributed by atoms with Gasteiger partial charge in [-0.25, -0.2) is 9.18 Å². The Bertz CT molecular complexity index is 532. The molecule has 1 fully saturated rings. The summed E-state index contributed by atoms with van der Waals surface area (Å²) in [5.74, 6) is -1.48. The lowest BCUT2D eigenvalue weighted by molar-refractivity contribution is -0.143. The summed E-state index contributed by atoms with van der Waals surface area (Å²) in [7, 11) is 0. The highest BCUT2D eigenvalue weighted by molar-refractivity contribution is 9.10. The molecule has 3 N–H and O–H groups in total. The fourth-order valence-electron chi connectivity index (χ4n) is 1.62. The molecule has 7 heteroatoms. The number of rotatable bonds is 4. The fraction of sp³-hybridized carbons (Fsp3) is 0.333. The number of amides is 2. The molecule has 0 aromatic heterocycles. The third-order valence-electron chi connectivity index (χ3n) is 3.07. The second kappa shape index (κ2) is 5.16. The van der Waals surface area contributed by atoms with Gasteiger partial charge in [-0.15, -0.1) is 0 Å². The number of hydrogen-bond donors (Lipinski definition) is 3. The zero-order valence-electron chi connectivity index (χ0n) is 9.87. The molecule has 1 aliphatic carbocycles. The highest BCUT2D eigenvalue weighted by Gasteiger charge is 2.50. The van der Waals surface area contributed by atoms with Gasteiger partial charge in [0, 0.05) is 11.0 Å². The van der Waals surface area contributed by atoms with E-state index in [1.807, 2.05) is 0 Å². The van der Waals surface area contributed by atoms with Crippen molar-refractivity contribution in [3.63, 3.8) is 0 Å². The monoisotopic (exact) mass is 330 g/mol. The van der Waals surface area contributed by atoms with E-state index in [0.717, 1.165) is 0 Å². The molecule has 0 unspecified atom stereocenters. The number of hydrogen-bond acceptors (Lipinski definition) is 2. The highest BCUT2D eigenvalue weighted by atomic mass is 79.9. The summed E-state index contributed by atoms with van der Waals surface area (Å²) >= 11 is 3.11. The molecule has 0 bridgehead atoms. The molecular formula is C12H12BrFN2O3. The number of carboxylic acid groups (broad SMARTS) is 1. The largest absolute Gasteiger partial charge is 0.481 e. The standard InChI is InChI=1S/C12H12BrFN2O3/c13-7-1-2-9(8(14)5-7)16-11(19)15-6-12(3-4-12)10(17)18/h1-2,5H,3-4,6H2,(H,17,18)(H2,15,16,19). The number of benzene rings is 1. The van der Waals surface area contributed by atoms with Gasteiger partial charge in [-0.05, 0) is 31.0 Å². The predicted octanol–water partition coefficient (Wildman–Crippen LogP) is 2.57. The minimum absolute atomic E-state index is 0.0425. The number of carboxylic acids is 1. The van der Waals surface area contributed by atoms with Gasteiger partial charge >= 0.3 is 12.0 Å². The van der Waals surface area contributed by atoms with E-state index in [0.29, 0.717) is 17.3 Å². The molecule has 2 rings (SSSR count). The van der Waals surface area contributed by atoms with Gasteiger partial charge in [0.1, 0.15) is 5.82 Å². The zero-order chi connectivity index (χ0) is 14.0. The van der Waals surface area contributed by atoms with Crippen LogP contribution in [0.4, 0.5) is 14.9 Å². The fourth-order valence-corrected chi connectivity index (χ4v) is 1.96. The molecule has 1 aromatic carbocycles. The van der Waals surface area contributed by atoms with E-state index in [-0.39, 0.29) is 12.2 Å². The van der Waals surface area contributed by atoms with Crippen molar-refractivity contribution in [1.82, 2.24) is 5.32 Å². The van der Waals surface area contributed by atoms with Crippen LogP contribution in [0.1, 0.15) is 12.8 Å². The van der Waals surface area contributed by atoms with E-state index in [9.17, 15) is 14.0 Å². The zero-order valence-corrected chi connectivity index (χ0v) is 11.5. The van der Waals surface area contributed by atoms with Crippen LogP contribution >= 0.6 is 15.9 Å². The van der Waals surface area contributed by atoms with Crippen molar-refractivity contribution in [2.24, 2.45) is 5.41 Å². The van der Waals surface area contributed by atoms with Gasteiger partial charge < -0.3 is 15.7 Å². The Kier molecular flexibility index (Phi) is 3.75. The maximum atomic E-state index is 13.5. The van der Waals surface area contributed by atoms with E-state index in [1.54, 1.807) is 6.07 Å². The summed E-state index contributed by atoms with van der Waals surface area (Å²) in [6.07, 6.45) is 1.10. The summed E-state index contributed by atoms with van der Waals surface area (Å²) in [4.78, 5) is 22.5. The van der Waals surface area contributed by atoms with Gasteiger partial charge in [0.15, 0.2) is 0 Å². The second-order valence-corrected chi connectivity index (χ2v) is 5.43. The first kappa shape index (κ1) is 13.8. The third kappa shape index (κ3) is 3.23. The molecule has 0 atom stereocenters. The summed E-state index contributed by atoms with van der Waals surface area (Å²) in [5.41, 5.74) is -0.795. The Balaban J connectivity index is 1.89. The molecule has 5 nitrogen and oxygen atoms in total. The van der Waals surface area contributed by atoms with Gasteiger partial charge in [0.25, 0.3) is 0 Å². The Morgan fingerprint density at radius 3 is 2.63 bits per heavy atom. The first-order valence-electron chi connectivity index (χ1n) is 5.66. The van der Waals surface area contributed by atoms with Crippen molar-refractivity contribution in [3.8, 4) is 0 Å². The Morgan fingerprint density at radius 1 is 1.42 bits per heavy atom.